The van der Waals surface area contributed by atoms with Crippen LogP contribution in [0.3, 0.4) is 0 Å². The number of hydrogen-bond acceptors (Lipinski definition) is 6. The van der Waals surface area contributed by atoms with E-state index in [1.165, 1.54) is 6.07 Å². The third-order valence-corrected chi connectivity index (χ3v) is 10.7. The van der Waals surface area contributed by atoms with Crippen LogP contribution in [-0.2, 0) is 6.18 Å². The Bertz CT molecular complexity index is 3480. The Morgan fingerprint density at radius 3 is 1.15 bits per heavy atom. The van der Waals surface area contributed by atoms with Crippen molar-refractivity contribution in [2.45, 2.75) is 6.18 Å². The maximum atomic E-state index is 13.8. The van der Waals surface area contributed by atoms with Gasteiger partial charge in [0.15, 0.2) is 0 Å². The van der Waals surface area contributed by atoms with Crippen molar-refractivity contribution in [3.05, 3.63) is 166 Å². The van der Waals surface area contributed by atoms with E-state index in [4.69, 9.17) is 0 Å². The summed E-state index contributed by atoms with van der Waals surface area (Å²) in [5.74, 6) is 0. The number of nitriles is 6. The van der Waals surface area contributed by atoms with Crippen molar-refractivity contribution in [2.24, 2.45) is 0 Å². The van der Waals surface area contributed by atoms with Crippen LogP contribution in [0.4, 0.5) is 13.2 Å². The highest BCUT2D eigenvalue weighted by Crippen LogP contribution is 2.44. The second-order valence-electron chi connectivity index (χ2n) is 14.0. The zero-order valence-corrected chi connectivity index (χ0v) is 30.8. The highest BCUT2D eigenvalue weighted by atomic mass is 19.4. The van der Waals surface area contributed by atoms with Crippen LogP contribution in [0.25, 0.3) is 77.2 Å². The second-order valence-corrected chi connectivity index (χ2v) is 14.0. The quantitative estimate of drug-likeness (QED) is 0.173. The summed E-state index contributed by atoms with van der Waals surface area (Å²) in [5, 5.41) is 62.6. The molecule has 0 aliphatic rings. The van der Waals surface area contributed by atoms with Crippen LogP contribution in [0.1, 0.15) is 38.9 Å². The van der Waals surface area contributed by atoms with E-state index in [9.17, 15) is 44.7 Å². The maximum Gasteiger partial charge on any atom is 0.416 e. The Hall–Kier alpha value is -9.13. The molecule has 9 rings (SSSR count). The van der Waals surface area contributed by atoms with Crippen LogP contribution >= 0.6 is 0 Å². The monoisotopic (exact) mass is 778 g/mol. The minimum atomic E-state index is -4.68. The van der Waals surface area contributed by atoms with E-state index in [0.717, 1.165) is 12.1 Å². The largest absolute Gasteiger partial charge is 0.416 e. The van der Waals surface area contributed by atoms with Crippen molar-refractivity contribution in [2.75, 3.05) is 0 Å². The standard InChI is InChI=1S/C49H21F3N8/c50-49(51,52)35-7-8-36(34(20-35)27-58)33-6-14-48(60-45-11-3-30(24-55)17-39(45)40-18-31(25-56)4-12-46(40)60)42(21-33)41-19-32(26-57)5-13-47(41)59-43-9-1-28(22-53)15-37(43)38-16-29(23-54)2-10-44(38)59/h1-21H. The van der Waals surface area contributed by atoms with Crippen molar-refractivity contribution in [3.8, 4) is 70.0 Å². The maximum absolute atomic E-state index is 13.8. The van der Waals surface area contributed by atoms with E-state index in [2.05, 4.69) is 30.3 Å². The molecule has 8 nitrogen and oxygen atoms in total. The zero-order chi connectivity index (χ0) is 41.9. The first-order chi connectivity index (χ1) is 29.1. The van der Waals surface area contributed by atoms with Crippen LogP contribution in [0.5, 0.6) is 0 Å². The molecule has 9 aromatic rings. The first-order valence-electron chi connectivity index (χ1n) is 18.2. The molecule has 0 aliphatic heterocycles. The molecule has 0 aliphatic carbocycles. The fraction of sp³-hybridized carbons (Fsp3) is 0.0204. The summed E-state index contributed by atoms with van der Waals surface area (Å²) in [7, 11) is 0. The van der Waals surface area contributed by atoms with Crippen LogP contribution in [0.2, 0.25) is 0 Å². The molecule has 0 saturated heterocycles. The fourth-order valence-corrected chi connectivity index (χ4v) is 8.04. The predicted molar refractivity (Wildman–Crippen MR) is 219 cm³/mol. The molecule has 0 unspecified atom stereocenters. The molecule has 278 valence electrons. The number of fused-ring (bicyclic) bond motifs is 6. The van der Waals surface area contributed by atoms with Crippen molar-refractivity contribution >= 4 is 43.6 Å². The molecule has 2 heterocycles. The van der Waals surface area contributed by atoms with Crippen LogP contribution in [0.15, 0.2) is 127 Å². The molecule has 0 amide bonds. The van der Waals surface area contributed by atoms with Gasteiger partial charge in [-0.05, 0) is 126 Å². The molecule has 0 spiro atoms. The summed E-state index contributed by atoms with van der Waals surface area (Å²) < 4.78 is 45.4. The molecular formula is C49H21F3N8. The normalized spacial score (nSPS) is 11.2. The molecule has 11 heteroatoms. The highest BCUT2D eigenvalue weighted by molar-refractivity contribution is 6.12. The Morgan fingerprint density at radius 2 is 0.750 bits per heavy atom. The van der Waals surface area contributed by atoms with Crippen LogP contribution in [-0.4, -0.2) is 9.13 Å². The van der Waals surface area contributed by atoms with Gasteiger partial charge in [-0.15, -0.1) is 0 Å². The van der Waals surface area contributed by atoms with Gasteiger partial charge < -0.3 is 9.13 Å². The average Bonchev–Trinajstić information content (AvgIpc) is 3.78. The Balaban J connectivity index is 1.43. The number of nitrogens with zero attached hydrogens (tertiary/aromatic N) is 8. The average molecular weight is 779 g/mol. The number of alkyl halides is 3. The van der Waals surface area contributed by atoms with Gasteiger partial charge in [-0.2, -0.15) is 44.7 Å². The summed E-state index contributed by atoms with van der Waals surface area (Å²) in [4.78, 5) is 0. The van der Waals surface area contributed by atoms with Gasteiger partial charge in [0.25, 0.3) is 0 Å². The van der Waals surface area contributed by atoms with Crippen molar-refractivity contribution in [1.29, 1.82) is 31.6 Å². The summed E-state index contributed by atoms with van der Waals surface area (Å²) >= 11 is 0. The molecule has 60 heavy (non-hydrogen) atoms. The lowest BCUT2D eigenvalue weighted by molar-refractivity contribution is -0.137. The molecule has 0 atom stereocenters. The highest BCUT2D eigenvalue weighted by Gasteiger charge is 2.31. The van der Waals surface area contributed by atoms with Gasteiger partial charge in [-0.1, -0.05) is 12.1 Å². The first-order valence-corrected chi connectivity index (χ1v) is 18.2. The molecule has 0 fully saturated rings. The van der Waals surface area contributed by atoms with Crippen molar-refractivity contribution in [1.82, 2.24) is 9.13 Å². The number of hydrogen-bond donors (Lipinski definition) is 0. The fourth-order valence-electron chi connectivity index (χ4n) is 8.04. The predicted octanol–water partition coefficient (Wildman–Crippen LogP) is 11.5. The molecule has 7 aromatic carbocycles. The zero-order valence-electron chi connectivity index (χ0n) is 30.8. The SMILES string of the molecule is N#Cc1ccc(-n2c3ccc(C#N)cc3c3cc(C#N)ccc32)c(-c2cc(-c3ccc(C(F)(F)F)cc3C#N)ccc2-n2c3ccc(C#N)cc3c3cc(C#N)ccc32)c1. The van der Waals surface area contributed by atoms with E-state index >= 15 is 0 Å². The summed E-state index contributed by atoms with van der Waals surface area (Å²) in [5.41, 5.74) is 6.43. The van der Waals surface area contributed by atoms with Gasteiger partial charge in [-0.25, -0.2) is 0 Å². The van der Waals surface area contributed by atoms with E-state index in [-0.39, 0.29) is 11.1 Å². The van der Waals surface area contributed by atoms with Gasteiger partial charge in [0.2, 0.25) is 0 Å². The lowest BCUT2D eigenvalue weighted by Gasteiger charge is -2.20. The number of aromatic nitrogens is 2. The Morgan fingerprint density at radius 1 is 0.367 bits per heavy atom. The van der Waals surface area contributed by atoms with Crippen molar-refractivity contribution < 1.29 is 13.2 Å². The van der Waals surface area contributed by atoms with E-state index in [0.29, 0.717) is 99.5 Å². The molecular weight excluding hydrogens is 758 g/mol. The number of halogens is 3. The Labute approximate surface area is 339 Å². The molecule has 0 saturated carbocycles. The lowest BCUT2D eigenvalue weighted by atomic mass is 9.92. The van der Waals surface area contributed by atoms with Crippen LogP contribution < -0.4 is 0 Å². The van der Waals surface area contributed by atoms with Crippen molar-refractivity contribution in [3.63, 3.8) is 0 Å². The molecule has 2 aromatic heterocycles. The number of rotatable bonds is 4. The smallest absolute Gasteiger partial charge is 0.309 e. The van der Waals surface area contributed by atoms with E-state index < -0.39 is 11.7 Å². The summed E-state index contributed by atoms with van der Waals surface area (Å²) in [6.07, 6.45) is -4.68. The van der Waals surface area contributed by atoms with E-state index in [1.807, 2.05) is 27.3 Å². The minimum absolute atomic E-state index is 0.191. The third-order valence-electron chi connectivity index (χ3n) is 10.7. The van der Waals surface area contributed by atoms with E-state index in [1.54, 1.807) is 97.1 Å². The minimum Gasteiger partial charge on any atom is -0.309 e. The third kappa shape index (κ3) is 5.72. The molecule has 0 radical (unpaired) electrons. The van der Waals surface area contributed by atoms with Gasteiger partial charge in [0.05, 0.1) is 109 Å². The van der Waals surface area contributed by atoms with Crippen LogP contribution in [0, 0.1) is 68.0 Å². The van der Waals surface area contributed by atoms with Gasteiger partial charge in [-0.3, -0.25) is 0 Å². The van der Waals surface area contributed by atoms with Gasteiger partial charge in [0, 0.05) is 32.7 Å². The summed E-state index contributed by atoms with van der Waals surface area (Å²) in [6, 6.07) is 47.4. The lowest BCUT2D eigenvalue weighted by Crippen LogP contribution is -2.05. The van der Waals surface area contributed by atoms with Gasteiger partial charge >= 0.3 is 6.18 Å². The first kappa shape index (κ1) is 36.5. The molecule has 0 bridgehead atoms. The van der Waals surface area contributed by atoms with Gasteiger partial charge in [0.1, 0.15) is 0 Å². The Kier molecular flexibility index (Phi) is 8.40. The topological polar surface area (TPSA) is 153 Å². The number of benzene rings is 7. The molecule has 0 N–H and O–H groups in total. The summed E-state index contributed by atoms with van der Waals surface area (Å²) in [6.45, 7) is 0. The second kappa shape index (κ2) is 13.8.